The second-order valence-corrected chi connectivity index (χ2v) is 6.39. The second kappa shape index (κ2) is 6.55. The molecule has 0 aromatic carbocycles. The molecule has 0 aliphatic carbocycles. The highest BCUT2D eigenvalue weighted by molar-refractivity contribution is 5.75. The standard InChI is InChI=1S/C15H29NO2/c1-5-7-15(14(17)18)8-6-9-16(11-15)13(4)10-12(2)3/h12-13H,5-11H2,1-4H3,(H,17,18). The molecule has 0 aromatic rings. The molecule has 1 saturated heterocycles. The third kappa shape index (κ3) is 3.71. The van der Waals surface area contributed by atoms with E-state index in [0.717, 1.165) is 45.2 Å². The summed E-state index contributed by atoms with van der Waals surface area (Å²) < 4.78 is 0. The van der Waals surface area contributed by atoms with Crippen LogP contribution >= 0.6 is 0 Å². The van der Waals surface area contributed by atoms with Crippen LogP contribution in [0.3, 0.4) is 0 Å². The summed E-state index contributed by atoms with van der Waals surface area (Å²) in [6, 6.07) is 0.501. The Morgan fingerprint density at radius 3 is 2.56 bits per heavy atom. The van der Waals surface area contributed by atoms with Crippen molar-refractivity contribution in [3.63, 3.8) is 0 Å². The van der Waals surface area contributed by atoms with E-state index in [0.29, 0.717) is 12.0 Å². The molecule has 3 nitrogen and oxygen atoms in total. The Labute approximate surface area is 112 Å². The van der Waals surface area contributed by atoms with Crippen LogP contribution in [-0.2, 0) is 4.79 Å². The minimum absolute atomic E-state index is 0.488. The monoisotopic (exact) mass is 255 g/mol. The molecule has 1 fully saturated rings. The SMILES string of the molecule is CCCC1(C(=O)O)CCCN(C(C)CC(C)C)C1. The van der Waals surface area contributed by atoms with Gasteiger partial charge in [0.2, 0.25) is 0 Å². The number of hydrogen-bond donors (Lipinski definition) is 1. The maximum absolute atomic E-state index is 11.6. The molecule has 106 valence electrons. The first-order chi connectivity index (χ1) is 8.41. The van der Waals surface area contributed by atoms with Gasteiger partial charge in [-0.2, -0.15) is 0 Å². The number of carbonyl (C=O) groups is 1. The zero-order valence-electron chi connectivity index (χ0n) is 12.4. The molecule has 0 aromatic heterocycles. The Balaban J connectivity index is 2.71. The van der Waals surface area contributed by atoms with E-state index in [1.54, 1.807) is 0 Å². The van der Waals surface area contributed by atoms with E-state index >= 15 is 0 Å². The topological polar surface area (TPSA) is 40.5 Å². The molecular formula is C15H29NO2. The van der Waals surface area contributed by atoms with E-state index in [4.69, 9.17) is 0 Å². The maximum atomic E-state index is 11.6. The molecule has 2 atom stereocenters. The van der Waals surface area contributed by atoms with Gasteiger partial charge in [0.15, 0.2) is 0 Å². The minimum atomic E-state index is -0.592. The number of rotatable bonds is 6. The lowest BCUT2D eigenvalue weighted by atomic mass is 9.76. The summed E-state index contributed by atoms with van der Waals surface area (Å²) in [6.45, 7) is 10.6. The van der Waals surface area contributed by atoms with E-state index in [1.807, 2.05) is 0 Å². The number of hydrogen-bond acceptors (Lipinski definition) is 2. The van der Waals surface area contributed by atoms with Crippen molar-refractivity contribution < 1.29 is 9.90 Å². The molecule has 1 rings (SSSR count). The number of aliphatic carboxylic acids is 1. The van der Waals surface area contributed by atoms with Crippen molar-refractivity contribution in [3.8, 4) is 0 Å². The molecular weight excluding hydrogens is 226 g/mol. The Morgan fingerprint density at radius 2 is 2.06 bits per heavy atom. The lowest BCUT2D eigenvalue weighted by Crippen LogP contribution is -2.50. The van der Waals surface area contributed by atoms with Crippen molar-refractivity contribution in [2.75, 3.05) is 13.1 Å². The summed E-state index contributed by atoms with van der Waals surface area (Å²) in [7, 11) is 0. The Bertz CT molecular complexity index is 274. The molecule has 1 aliphatic rings. The molecule has 0 spiro atoms. The second-order valence-electron chi connectivity index (χ2n) is 6.39. The van der Waals surface area contributed by atoms with E-state index < -0.39 is 11.4 Å². The highest BCUT2D eigenvalue weighted by Gasteiger charge is 2.42. The first kappa shape index (κ1) is 15.5. The Hall–Kier alpha value is -0.570. The lowest BCUT2D eigenvalue weighted by Gasteiger charge is -2.43. The largest absolute Gasteiger partial charge is 0.481 e. The highest BCUT2D eigenvalue weighted by atomic mass is 16.4. The molecule has 1 N–H and O–H groups in total. The normalized spacial score (nSPS) is 27.4. The van der Waals surface area contributed by atoms with E-state index in [-0.39, 0.29) is 0 Å². The fourth-order valence-corrected chi connectivity index (χ4v) is 3.34. The van der Waals surface area contributed by atoms with Gasteiger partial charge >= 0.3 is 5.97 Å². The van der Waals surface area contributed by atoms with Gasteiger partial charge in [-0.25, -0.2) is 0 Å². The number of carboxylic acids is 1. The molecule has 3 heteroatoms. The van der Waals surface area contributed by atoms with Crippen LogP contribution in [0.25, 0.3) is 0 Å². The average molecular weight is 255 g/mol. The Kier molecular flexibility index (Phi) is 5.64. The number of carboxylic acid groups (broad SMARTS) is 1. The van der Waals surface area contributed by atoms with Crippen molar-refractivity contribution in [3.05, 3.63) is 0 Å². The molecule has 0 radical (unpaired) electrons. The first-order valence-corrected chi connectivity index (χ1v) is 7.38. The summed E-state index contributed by atoms with van der Waals surface area (Å²) in [5.74, 6) is 0.0816. The fourth-order valence-electron chi connectivity index (χ4n) is 3.34. The van der Waals surface area contributed by atoms with Gasteiger partial charge < -0.3 is 5.11 Å². The number of piperidine rings is 1. The van der Waals surface area contributed by atoms with Crippen LogP contribution in [0, 0.1) is 11.3 Å². The van der Waals surface area contributed by atoms with Crippen molar-refractivity contribution in [1.82, 2.24) is 4.90 Å². The van der Waals surface area contributed by atoms with Crippen molar-refractivity contribution in [2.24, 2.45) is 11.3 Å². The van der Waals surface area contributed by atoms with Gasteiger partial charge in [0.1, 0.15) is 0 Å². The van der Waals surface area contributed by atoms with Crippen LogP contribution in [0.15, 0.2) is 0 Å². The zero-order chi connectivity index (χ0) is 13.8. The molecule has 1 aliphatic heterocycles. The van der Waals surface area contributed by atoms with Gasteiger partial charge in [-0.15, -0.1) is 0 Å². The van der Waals surface area contributed by atoms with Crippen LogP contribution < -0.4 is 0 Å². The van der Waals surface area contributed by atoms with Gasteiger partial charge in [0.25, 0.3) is 0 Å². The highest BCUT2D eigenvalue weighted by Crippen LogP contribution is 2.36. The van der Waals surface area contributed by atoms with Crippen LogP contribution in [0.4, 0.5) is 0 Å². The summed E-state index contributed by atoms with van der Waals surface area (Å²) in [5.41, 5.74) is -0.488. The van der Waals surface area contributed by atoms with Gasteiger partial charge in [-0.05, 0) is 45.1 Å². The number of nitrogens with zero attached hydrogens (tertiary/aromatic N) is 1. The average Bonchev–Trinajstić information content (AvgIpc) is 2.28. The third-order valence-electron chi connectivity index (χ3n) is 4.22. The summed E-state index contributed by atoms with van der Waals surface area (Å²) in [5, 5.41) is 9.57. The lowest BCUT2D eigenvalue weighted by molar-refractivity contribution is -0.154. The van der Waals surface area contributed by atoms with Crippen molar-refractivity contribution in [1.29, 1.82) is 0 Å². The molecule has 0 bridgehead atoms. The van der Waals surface area contributed by atoms with Crippen LogP contribution in [-0.4, -0.2) is 35.1 Å². The van der Waals surface area contributed by atoms with Crippen LogP contribution in [0.5, 0.6) is 0 Å². The number of likely N-dealkylation sites (tertiary alicyclic amines) is 1. The predicted octanol–water partition coefficient (Wildman–Crippen LogP) is 3.39. The van der Waals surface area contributed by atoms with Gasteiger partial charge in [0, 0.05) is 12.6 Å². The molecule has 18 heavy (non-hydrogen) atoms. The van der Waals surface area contributed by atoms with Crippen LogP contribution in [0.2, 0.25) is 0 Å². The fraction of sp³-hybridized carbons (Fsp3) is 0.933. The molecule has 0 amide bonds. The smallest absolute Gasteiger partial charge is 0.310 e. The Morgan fingerprint density at radius 1 is 1.39 bits per heavy atom. The quantitative estimate of drug-likeness (QED) is 0.791. The maximum Gasteiger partial charge on any atom is 0.310 e. The summed E-state index contributed by atoms with van der Waals surface area (Å²) >= 11 is 0. The van der Waals surface area contributed by atoms with Crippen LogP contribution in [0.1, 0.15) is 59.8 Å². The van der Waals surface area contributed by atoms with E-state index in [1.165, 1.54) is 0 Å². The molecule has 0 saturated carbocycles. The third-order valence-corrected chi connectivity index (χ3v) is 4.22. The van der Waals surface area contributed by atoms with Crippen molar-refractivity contribution in [2.45, 2.75) is 65.8 Å². The summed E-state index contributed by atoms with van der Waals surface area (Å²) in [6.07, 6.45) is 4.80. The van der Waals surface area contributed by atoms with Gasteiger partial charge in [0.05, 0.1) is 5.41 Å². The van der Waals surface area contributed by atoms with E-state index in [2.05, 4.69) is 32.6 Å². The van der Waals surface area contributed by atoms with E-state index in [9.17, 15) is 9.90 Å². The van der Waals surface area contributed by atoms with Gasteiger partial charge in [-0.3, -0.25) is 9.69 Å². The predicted molar refractivity (Wildman–Crippen MR) is 74.7 cm³/mol. The minimum Gasteiger partial charge on any atom is -0.481 e. The van der Waals surface area contributed by atoms with Crippen molar-refractivity contribution >= 4 is 5.97 Å². The first-order valence-electron chi connectivity index (χ1n) is 7.38. The summed E-state index contributed by atoms with van der Waals surface area (Å²) in [4.78, 5) is 14.0. The van der Waals surface area contributed by atoms with Gasteiger partial charge in [-0.1, -0.05) is 27.2 Å². The molecule has 2 unspecified atom stereocenters. The zero-order valence-corrected chi connectivity index (χ0v) is 12.4. The molecule has 1 heterocycles.